The molecule has 2 aromatic heterocycles. The van der Waals surface area contributed by atoms with Crippen LogP contribution in [0.25, 0.3) is 0 Å². The number of furan rings is 1. The largest absolute Gasteiger partial charge is 0.459 e. The summed E-state index contributed by atoms with van der Waals surface area (Å²) in [6, 6.07) is 5.00. The highest BCUT2D eigenvalue weighted by molar-refractivity contribution is 6.01. The molecule has 2 aromatic rings. The van der Waals surface area contributed by atoms with Crippen LogP contribution in [0.4, 0.5) is 11.6 Å². The van der Waals surface area contributed by atoms with Crippen LogP contribution in [0.1, 0.15) is 10.6 Å². The first-order chi connectivity index (χ1) is 9.83. The van der Waals surface area contributed by atoms with Crippen molar-refractivity contribution in [3.8, 4) is 0 Å². The van der Waals surface area contributed by atoms with E-state index in [0.29, 0.717) is 19.0 Å². The normalized spacial score (nSPS) is 15.1. The van der Waals surface area contributed by atoms with Crippen LogP contribution in [0.5, 0.6) is 0 Å². The molecule has 1 saturated heterocycles. The minimum Gasteiger partial charge on any atom is -0.459 e. The van der Waals surface area contributed by atoms with E-state index in [4.69, 9.17) is 9.15 Å². The predicted molar refractivity (Wildman–Crippen MR) is 71.7 cm³/mol. The summed E-state index contributed by atoms with van der Waals surface area (Å²) >= 11 is 0. The number of hydrogen-bond acceptors (Lipinski definition) is 6. The Labute approximate surface area is 115 Å². The highest BCUT2D eigenvalue weighted by Gasteiger charge is 2.14. The summed E-state index contributed by atoms with van der Waals surface area (Å²) in [5.74, 6) is 1.14. The molecule has 0 unspecified atom stereocenters. The van der Waals surface area contributed by atoms with E-state index >= 15 is 0 Å². The molecule has 20 heavy (non-hydrogen) atoms. The van der Waals surface area contributed by atoms with Gasteiger partial charge >= 0.3 is 0 Å². The van der Waals surface area contributed by atoms with Gasteiger partial charge in [0.05, 0.1) is 19.5 Å². The van der Waals surface area contributed by atoms with Gasteiger partial charge in [0, 0.05) is 19.2 Å². The van der Waals surface area contributed by atoms with Gasteiger partial charge in [0.15, 0.2) is 5.76 Å². The number of nitrogens with one attached hydrogen (secondary N) is 1. The summed E-state index contributed by atoms with van der Waals surface area (Å²) in [7, 11) is 0. The summed E-state index contributed by atoms with van der Waals surface area (Å²) in [5, 5.41) is 2.68. The van der Waals surface area contributed by atoms with Crippen molar-refractivity contribution in [2.24, 2.45) is 0 Å². The van der Waals surface area contributed by atoms with Crippen molar-refractivity contribution in [3.63, 3.8) is 0 Å². The van der Waals surface area contributed by atoms with Gasteiger partial charge in [-0.15, -0.1) is 0 Å². The minimum atomic E-state index is -0.332. The minimum absolute atomic E-state index is 0.247. The second-order valence-electron chi connectivity index (χ2n) is 4.29. The molecule has 0 radical (unpaired) electrons. The number of anilines is 2. The molecule has 0 saturated carbocycles. The number of rotatable bonds is 3. The fourth-order valence-electron chi connectivity index (χ4n) is 1.97. The summed E-state index contributed by atoms with van der Waals surface area (Å²) in [5.41, 5.74) is 0. The molecule has 0 aromatic carbocycles. The van der Waals surface area contributed by atoms with Crippen molar-refractivity contribution in [3.05, 3.63) is 36.5 Å². The quantitative estimate of drug-likeness (QED) is 0.904. The molecule has 0 aliphatic carbocycles. The first kappa shape index (κ1) is 12.6. The summed E-state index contributed by atoms with van der Waals surface area (Å²) < 4.78 is 10.3. The Hall–Kier alpha value is -2.41. The van der Waals surface area contributed by atoms with E-state index in [9.17, 15) is 4.79 Å². The SMILES string of the molecule is O=C(Nc1cc(N2CCOCC2)ncn1)c1ccco1. The predicted octanol–water partition coefficient (Wildman–Crippen LogP) is 1.16. The maximum atomic E-state index is 11.9. The van der Waals surface area contributed by atoms with Crippen LogP contribution in [0.3, 0.4) is 0 Å². The van der Waals surface area contributed by atoms with Gasteiger partial charge in [0.1, 0.15) is 18.0 Å². The molecule has 0 atom stereocenters. The van der Waals surface area contributed by atoms with Gasteiger partial charge in [0.25, 0.3) is 5.91 Å². The molecule has 0 spiro atoms. The van der Waals surface area contributed by atoms with Gasteiger partial charge in [-0.1, -0.05) is 0 Å². The van der Waals surface area contributed by atoms with Crippen molar-refractivity contribution in [2.45, 2.75) is 0 Å². The third-order valence-electron chi connectivity index (χ3n) is 2.97. The summed E-state index contributed by atoms with van der Waals surface area (Å²) in [6.07, 6.45) is 2.89. The zero-order chi connectivity index (χ0) is 13.8. The molecule has 1 aliphatic heterocycles. The lowest BCUT2D eigenvalue weighted by molar-refractivity contribution is 0.0996. The monoisotopic (exact) mass is 274 g/mol. The number of amides is 1. The number of carbonyl (C=O) groups excluding carboxylic acids is 1. The number of ether oxygens (including phenoxy) is 1. The van der Waals surface area contributed by atoms with Gasteiger partial charge in [-0.05, 0) is 12.1 Å². The molecule has 104 valence electrons. The van der Waals surface area contributed by atoms with Crippen LogP contribution in [-0.2, 0) is 4.74 Å². The van der Waals surface area contributed by atoms with Crippen molar-refractivity contribution < 1.29 is 13.9 Å². The van der Waals surface area contributed by atoms with E-state index in [2.05, 4.69) is 20.2 Å². The Morgan fingerprint density at radius 3 is 2.90 bits per heavy atom. The number of aromatic nitrogens is 2. The molecule has 7 heteroatoms. The average molecular weight is 274 g/mol. The van der Waals surface area contributed by atoms with Gasteiger partial charge in [0.2, 0.25) is 0 Å². The number of morpholine rings is 1. The molecule has 0 bridgehead atoms. The summed E-state index contributed by atoms with van der Waals surface area (Å²) in [4.78, 5) is 22.2. The fraction of sp³-hybridized carbons (Fsp3) is 0.308. The van der Waals surface area contributed by atoms with Crippen LogP contribution in [0.15, 0.2) is 35.2 Å². The second kappa shape index (κ2) is 5.70. The first-order valence-corrected chi connectivity index (χ1v) is 6.32. The maximum Gasteiger partial charge on any atom is 0.292 e. The highest BCUT2D eigenvalue weighted by Crippen LogP contribution is 2.16. The smallest absolute Gasteiger partial charge is 0.292 e. The third-order valence-corrected chi connectivity index (χ3v) is 2.97. The number of hydrogen-bond donors (Lipinski definition) is 1. The van der Waals surface area contributed by atoms with E-state index in [1.165, 1.54) is 12.6 Å². The van der Waals surface area contributed by atoms with E-state index in [1.807, 2.05) is 0 Å². The van der Waals surface area contributed by atoms with E-state index < -0.39 is 0 Å². The van der Waals surface area contributed by atoms with Gasteiger partial charge < -0.3 is 19.4 Å². The highest BCUT2D eigenvalue weighted by atomic mass is 16.5. The molecule has 1 fully saturated rings. The van der Waals surface area contributed by atoms with E-state index in [-0.39, 0.29) is 11.7 Å². The Bertz CT molecular complexity index is 579. The second-order valence-corrected chi connectivity index (χ2v) is 4.29. The van der Waals surface area contributed by atoms with Crippen LogP contribution in [-0.4, -0.2) is 42.2 Å². The Morgan fingerprint density at radius 2 is 2.15 bits per heavy atom. The Morgan fingerprint density at radius 1 is 1.30 bits per heavy atom. The van der Waals surface area contributed by atoms with Crippen molar-refractivity contribution in [2.75, 3.05) is 36.5 Å². The lowest BCUT2D eigenvalue weighted by Crippen LogP contribution is -2.36. The third kappa shape index (κ3) is 2.77. The molecule has 1 amide bonds. The zero-order valence-electron chi connectivity index (χ0n) is 10.8. The average Bonchev–Trinajstić information content (AvgIpc) is 3.03. The van der Waals surface area contributed by atoms with Gasteiger partial charge in [-0.25, -0.2) is 9.97 Å². The molecule has 1 aliphatic rings. The van der Waals surface area contributed by atoms with Crippen molar-refractivity contribution in [1.29, 1.82) is 0 Å². The lowest BCUT2D eigenvalue weighted by atomic mass is 10.4. The zero-order valence-corrected chi connectivity index (χ0v) is 10.8. The van der Waals surface area contributed by atoms with Crippen molar-refractivity contribution >= 4 is 17.5 Å². The molecule has 3 rings (SSSR count). The van der Waals surface area contributed by atoms with Crippen LogP contribution < -0.4 is 10.2 Å². The van der Waals surface area contributed by atoms with E-state index in [1.54, 1.807) is 18.2 Å². The number of carbonyl (C=O) groups is 1. The Balaban J connectivity index is 1.72. The topological polar surface area (TPSA) is 80.5 Å². The summed E-state index contributed by atoms with van der Waals surface area (Å²) in [6.45, 7) is 2.92. The molecule has 3 heterocycles. The van der Waals surface area contributed by atoms with Crippen LogP contribution in [0, 0.1) is 0 Å². The maximum absolute atomic E-state index is 11.9. The standard InChI is InChI=1S/C13H14N4O3/c18-13(10-2-1-5-20-10)16-11-8-12(15-9-14-11)17-3-6-19-7-4-17/h1-2,5,8-9H,3-4,6-7H2,(H,14,15,16,18). The van der Waals surface area contributed by atoms with Gasteiger partial charge in [-0.2, -0.15) is 0 Å². The molecule has 1 N–H and O–H groups in total. The molecule has 7 nitrogen and oxygen atoms in total. The van der Waals surface area contributed by atoms with Crippen LogP contribution in [0.2, 0.25) is 0 Å². The fourth-order valence-corrected chi connectivity index (χ4v) is 1.97. The van der Waals surface area contributed by atoms with Gasteiger partial charge in [-0.3, -0.25) is 4.79 Å². The van der Waals surface area contributed by atoms with E-state index in [0.717, 1.165) is 18.9 Å². The number of nitrogens with zero attached hydrogens (tertiary/aromatic N) is 3. The molecular weight excluding hydrogens is 260 g/mol. The molecular formula is C13H14N4O3. The Kier molecular flexibility index (Phi) is 3.60. The first-order valence-electron chi connectivity index (χ1n) is 6.32. The van der Waals surface area contributed by atoms with Crippen molar-refractivity contribution in [1.82, 2.24) is 9.97 Å². The lowest BCUT2D eigenvalue weighted by Gasteiger charge is -2.27. The van der Waals surface area contributed by atoms with Crippen LogP contribution >= 0.6 is 0 Å².